The smallest absolute Gasteiger partial charge is 0.150 e. The van der Waals surface area contributed by atoms with Crippen molar-refractivity contribution in [2.75, 3.05) is 25.9 Å². The van der Waals surface area contributed by atoms with E-state index in [2.05, 4.69) is 24.1 Å². The number of sulfone groups is 1. The molecule has 1 saturated carbocycles. The molecule has 0 aromatic heterocycles. The van der Waals surface area contributed by atoms with Gasteiger partial charge in [-0.1, -0.05) is 20.3 Å². The van der Waals surface area contributed by atoms with Crippen molar-refractivity contribution in [2.45, 2.75) is 63.3 Å². The van der Waals surface area contributed by atoms with Crippen LogP contribution in [0.1, 0.15) is 46.0 Å². The molecule has 0 spiro atoms. The predicted octanol–water partition coefficient (Wildman–Crippen LogP) is 1.66. The lowest BCUT2D eigenvalue weighted by atomic mass is 9.88. The molecule has 20 heavy (non-hydrogen) atoms. The molecule has 5 heteroatoms. The van der Waals surface area contributed by atoms with E-state index in [0.717, 1.165) is 38.9 Å². The monoisotopic (exact) mass is 302 g/mol. The maximum absolute atomic E-state index is 11.8. The van der Waals surface area contributed by atoms with E-state index in [1.807, 2.05) is 0 Å². The number of nitrogens with one attached hydrogen (secondary N) is 1. The number of nitrogens with zero attached hydrogens (tertiary/aromatic N) is 1. The van der Waals surface area contributed by atoms with Gasteiger partial charge in [-0.15, -0.1) is 0 Å². The van der Waals surface area contributed by atoms with Gasteiger partial charge in [-0.2, -0.15) is 0 Å². The first-order chi connectivity index (χ1) is 9.41. The lowest BCUT2D eigenvalue weighted by Gasteiger charge is -2.43. The number of hydrogen-bond donors (Lipinski definition) is 1. The molecule has 0 aromatic rings. The van der Waals surface area contributed by atoms with Gasteiger partial charge >= 0.3 is 0 Å². The van der Waals surface area contributed by atoms with Crippen molar-refractivity contribution in [2.24, 2.45) is 5.92 Å². The topological polar surface area (TPSA) is 49.4 Å². The first-order valence-electron chi connectivity index (χ1n) is 8.08. The van der Waals surface area contributed by atoms with Crippen molar-refractivity contribution in [1.82, 2.24) is 10.2 Å². The van der Waals surface area contributed by atoms with Gasteiger partial charge in [-0.05, 0) is 44.7 Å². The molecule has 1 aliphatic carbocycles. The zero-order valence-electron chi connectivity index (χ0n) is 13.1. The number of hydrogen-bond acceptors (Lipinski definition) is 4. The number of likely N-dealkylation sites (tertiary alicyclic amines) is 1. The number of rotatable bonds is 4. The highest BCUT2D eigenvalue weighted by Gasteiger charge is 2.35. The molecule has 1 heterocycles. The predicted molar refractivity (Wildman–Crippen MR) is 83.7 cm³/mol. The molecular weight excluding hydrogens is 272 g/mol. The summed E-state index contributed by atoms with van der Waals surface area (Å²) in [7, 11) is -2.87. The van der Waals surface area contributed by atoms with Crippen LogP contribution in [0.4, 0.5) is 0 Å². The third kappa shape index (κ3) is 3.95. The normalized spacial score (nSPS) is 37.0. The van der Waals surface area contributed by atoms with E-state index in [1.54, 1.807) is 0 Å². The Morgan fingerprint density at radius 2 is 2.00 bits per heavy atom. The molecule has 0 aromatic carbocycles. The fourth-order valence-electron chi connectivity index (χ4n) is 3.92. The second-order valence-corrected chi connectivity index (χ2v) is 9.02. The van der Waals surface area contributed by atoms with E-state index in [1.165, 1.54) is 19.1 Å². The standard InChI is InChI=1S/C15H30N2O2S/c1-4-16-15-8-9-17(11-12(15)2)13-6-5-7-14(10-13)20(3,18)19/h12-16H,4-11H2,1-3H3. The quantitative estimate of drug-likeness (QED) is 0.858. The Balaban J connectivity index is 1.92. The molecule has 1 saturated heterocycles. The Kier molecular flexibility index (Phi) is 5.49. The molecule has 4 unspecified atom stereocenters. The molecule has 2 fully saturated rings. The molecular formula is C15H30N2O2S. The number of piperidine rings is 1. The van der Waals surface area contributed by atoms with Gasteiger partial charge in [0.2, 0.25) is 0 Å². The van der Waals surface area contributed by atoms with Crippen LogP contribution in [0.2, 0.25) is 0 Å². The Morgan fingerprint density at radius 3 is 2.60 bits per heavy atom. The van der Waals surface area contributed by atoms with Crippen LogP contribution in [-0.2, 0) is 9.84 Å². The first kappa shape index (κ1) is 16.2. The molecule has 0 amide bonds. The zero-order valence-corrected chi connectivity index (χ0v) is 14.0. The maximum atomic E-state index is 11.8. The van der Waals surface area contributed by atoms with Crippen LogP contribution >= 0.6 is 0 Å². The summed E-state index contributed by atoms with van der Waals surface area (Å²) >= 11 is 0. The molecule has 0 bridgehead atoms. The minimum Gasteiger partial charge on any atom is -0.314 e. The lowest BCUT2D eigenvalue weighted by molar-refractivity contribution is 0.0850. The summed E-state index contributed by atoms with van der Waals surface area (Å²) in [6.07, 6.45) is 6.53. The first-order valence-corrected chi connectivity index (χ1v) is 10.0. The van der Waals surface area contributed by atoms with Crippen molar-refractivity contribution < 1.29 is 8.42 Å². The van der Waals surface area contributed by atoms with E-state index in [0.29, 0.717) is 18.0 Å². The van der Waals surface area contributed by atoms with Crippen LogP contribution in [0.5, 0.6) is 0 Å². The van der Waals surface area contributed by atoms with E-state index in [9.17, 15) is 8.42 Å². The summed E-state index contributed by atoms with van der Waals surface area (Å²) in [6, 6.07) is 1.11. The second-order valence-electron chi connectivity index (χ2n) is 6.70. The van der Waals surface area contributed by atoms with E-state index in [-0.39, 0.29) is 5.25 Å². The second kappa shape index (κ2) is 6.75. The van der Waals surface area contributed by atoms with Gasteiger partial charge in [-0.25, -0.2) is 8.42 Å². The van der Waals surface area contributed by atoms with Crippen molar-refractivity contribution in [3.8, 4) is 0 Å². The molecule has 4 atom stereocenters. The molecule has 1 aliphatic heterocycles. The van der Waals surface area contributed by atoms with Crippen molar-refractivity contribution >= 4 is 9.84 Å². The van der Waals surface area contributed by atoms with Gasteiger partial charge in [0.15, 0.2) is 0 Å². The summed E-state index contributed by atoms with van der Waals surface area (Å²) in [5.41, 5.74) is 0. The SMILES string of the molecule is CCNC1CCN(C2CCCC(S(C)(=O)=O)C2)CC1C. The van der Waals surface area contributed by atoms with E-state index < -0.39 is 9.84 Å². The van der Waals surface area contributed by atoms with Gasteiger partial charge in [0, 0.05) is 24.9 Å². The minimum absolute atomic E-state index is 0.108. The molecule has 1 N–H and O–H groups in total. The van der Waals surface area contributed by atoms with Crippen LogP contribution < -0.4 is 5.32 Å². The largest absolute Gasteiger partial charge is 0.314 e. The Hall–Kier alpha value is -0.130. The van der Waals surface area contributed by atoms with Crippen molar-refractivity contribution in [1.29, 1.82) is 0 Å². The Labute approximate surface area is 124 Å². The Morgan fingerprint density at radius 1 is 1.25 bits per heavy atom. The fourth-order valence-corrected chi connectivity index (χ4v) is 5.08. The summed E-state index contributed by atoms with van der Waals surface area (Å²) in [6.45, 7) is 7.74. The van der Waals surface area contributed by atoms with Crippen LogP contribution in [-0.4, -0.2) is 56.5 Å². The van der Waals surface area contributed by atoms with Crippen LogP contribution in [0.25, 0.3) is 0 Å². The van der Waals surface area contributed by atoms with E-state index in [4.69, 9.17) is 0 Å². The summed E-state index contributed by atoms with van der Waals surface area (Å²) in [4.78, 5) is 2.55. The Bertz CT molecular complexity index is 410. The fraction of sp³-hybridized carbons (Fsp3) is 1.00. The molecule has 0 radical (unpaired) electrons. The van der Waals surface area contributed by atoms with Crippen LogP contribution in [0.3, 0.4) is 0 Å². The van der Waals surface area contributed by atoms with Crippen molar-refractivity contribution in [3.05, 3.63) is 0 Å². The average Bonchev–Trinajstić information content (AvgIpc) is 2.40. The summed E-state index contributed by atoms with van der Waals surface area (Å²) in [5, 5.41) is 3.46. The zero-order chi connectivity index (χ0) is 14.8. The molecule has 2 aliphatic rings. The molecule has 2 rings (SSSR count). The van der Waals surface area contributed by atoms with Crippen LogP contribution in [0, 0.1) is 5.92 Å². The van der Waals surface area contributed by atoms with Gasteiger partial charge in [0.25, 0.3) is 0 Å². The lowest BCUT2D eigenvalue weighted by Crippen LogP contribution is -2.53. The highest BCUT2D eigenvalue weighted by atomic mass is 32.2. The van der Waals surface area contributed by atoms with E-state index >= 15 is 0 Å². The highest BCUT2D eigenvalue weighted by molar-refractivity contribution is 7.91. The van der Waals surface area contributed by atoms with Gasteiger partial charge < -0.3 is 5.32 Å². The van der Waals surface area contributed by atoms with Crippen LogP contribution in [0.15, 0.2) is 0 Å². The minimum atomic E-state index is -2.87. The third-order valence-corrected chi connectivity index (χ3v) is 6.76. The molecule has 118 valence electrons. The van der Waals surface area contributed by atoms with Gasteiger partial charge in [0.1, 0.15) is 9.84 Å². The third-order valence-electron chi connectivity index (χ3n) is 5.12. The average molecular weight is 302 g/mol. The van der Waals surface area contributed by atoms with Gasteiger partial charge in [0.05, 0.1) is 5.25 Å². The van der Waals surface area contributed by atoms with Gasteiger partial charge in [-0.3, -0.25) is 4.90 Å². The molecule has 4 nitrogen and oxygen atoms in total. The summed E-state index contributed by atoms with van der Waals surface area (Å²) < 4.78 is 23.6. The van der Waals surface area contributed by atoms with Crippen molar-refractivity contribution in [3.63, 3.8) is 0 Å². The maximum Gasteiger partial charge on any atom is 0.150 e. The summed E-state index contributed by atoms with van der Waals surface area (Å²) in [5.74, 6) is 0.655. The highest BCUT2D eigenvalue weighted by Crippen LogP contribution is 2.30.